The van der Waals surface area contributed by atoms with Crippen LogP contribution in [-0.4, -0.2) is 38.8 Å². The molecule has 9 nitrogen and oxygen atoms in total. The Balaban J connectivity index is 0.000000195. The number of hydrogen-bond acceptors (Lipinski definition) is 8. The zero-order valence-corrected chi connectivity index (χ0v) is 22.5. The van der Waals surface area contributed by atoms with Gasteiger partial charge in [0.05, 0.1) is 5.52 Å². The summed E-state index contributed by atoms with van der Waals surface area (Å²) in [6, 6.07) is 28.2. The van der Waals surface area contributed by atoms with Crippen LogP contribution in [0.2, 0.25) is 0 Å². The van der Waals surface area contributed by atoms with Crippen molar-refractivity contribution < 1.29 is 24.3 Å². The van der Waals surface area contributed by atoms with Crippen LogP contribution >= 0.6 is 0 Å². The van der Waals surface area contributed by atoms with Crippen LogP contribution in [0.4, 0.5) is 16.3 Å². The van der Waals surface area contributed by atoms with Gasteiger partial charge in [-0.2, -0.15) is 0 Å². The van der Waals surface area contributed by atoms with E-state index in [0.29, 0.717) is 29.5 Å². The van der Waals surface area contributed by atoms with Crippen LogP contribution < -0.4 is 21.3 Å². The fraction of sp³-hybridized carbons (Fsp3) is 0.167. The smallest absolute Gasteiger partial charge is 0.473 e. The minimum atomic E-state index is -1.64. The number of nitrogens with zero attached hydrogens (tertiary/aromatic N) is 2. The Bertz CT molecular complexity index is 1610. The fourth-order valence-electron chi connectivity index (χ4n) is 3.90. The molecular formula is C30H31BN4O5. The molecule has 204 valence electrons. The molecule has 40 heavy (non-hydrogen) atoms. The van der Waals surface area contributed by atoms with E-state index in [2.05, 4.69) is 15.3 Å². The molecule has 1 amide bonds. The van der Waals surface area contributed by atoms with E-state index in [0.717, 1.165) is 21.9 Å². The minimum absolute atomic E-state index is 0.221. The fourth-order valence-corrected chi connectivity index (χ4v) is 3.90. The number of aromatic nitrogens is 2. The standard InChI is InChI=1S/C19H15N3O.C11H16BNO4/c20-19-18-15(14-8-4-5-9-16(14)21-19)10-11-17(22-18)23-12-13-6-2-1-3-7-13;1-11(2,3)17-10(14)13-9-7-5-4-6-8(9)12(15)16/h1-11H,12H2,(H2,20,21);4-7,15-16H,1-3H3,(H,13,14). The van der Waals surface area contributed by atoms with E-state index in [1.165, 1.54) is 6.07 Å². The van der Waals surface area contributed by atoms with Gasteiger partial charge in [-0.05, 0) is 44.5 Å². The highest BCUT2D eigenvalue weighted by Gasteiger charge is 2.20. The van der Waals surface area contributed by atoms with Crippen molar-refractivity contribution in [1.82, 2.24) is 9.97 Å². The maximum Gasteiger partial charge on any atom is 0.490 e. The molecule has 5 rings (SSSR count). The van der Waals surface area contributed by atoms with Gasteiger partial charge in [0, 0.05) is 28.0 Å². The summed E-state index contributed by atoms with van der Waals surface area (Å²) >= 11 is 0. The van der Waals surface area contributed by atoms with E-state index >= 15 is 0 Å². The van der Waals surface area contributed by atoms with Gasteiger partial charge in [-0.25, -0.2) is 14.8 Å². The molecular weight excluding hydrogens is 507 g/mol. The number of nitrogens with one attached hydrogen (secondary N) is 1. The van der Waals surface area contributed by atoms with E-state index in [9.17, 15) is 4.79 Å². The SMILES string of the molecule is CC(C)(C)OC(=O)Nc1ccccc1B(O)O.Nc1nc2ccccc2c2ccc(OCc3ccccc3)nc12. The molecule has 0 aliphatic carbocycles. The quantitative estimate of drug-likeness (QED) is 0.187. The molecule has 0 unspecified atom stereocenters. The first-order valence-corrected chi connectivity index (χ1v) is 12.7. The highest BCUT2D eigenvalue weighted by atomic mass is 16.6. The zero-order valence-electron chi connectivity index (χ0n) is 22.5. The molecule has 2 heterocycles. The lowest BCUT2D eigenvalue weighted by molar-refractivity contribution is 0.0636. The first kappa shape index (κ1) is 28.3. The number of pyridine rings is 2. The van der Waals surface area contributed by atoms with Gasteiger partial charge in [-0.3, -0.25) is 5.32 Å². The Morgan fingerprint density at radius 1 is 0.875 bits per heavy atom. The van der Waals surface area contributed by atoms with Gasteiger partial charge in [0.2, 0.25) is 5.88 Å². The van der Waals surface area contributed by atoms with Gasteiger partial charge < -0.3 is 25.3 Å². The number of rotatable bonds is 5. The van der Waals surface area contributed by atoms with E-state index in [-0.39, 0.29) is 5.46 Å². The van der Waals surface area contributed by atoms with Crippen LogP contribution in [0.25, 0.3) is 21.8 Å². The second-order valence-corrected chi connectivity index (χ2v) is 9.92. The van der Waals surface area contributed by atoms with Crippen LogP contribution in [0.15, 0.2) is 91.0 Å². The Morgan fingerprint density at radius 2 is 1.55 bits per heavy atom. The van der Waals surface area contributed by atoms with Crippen LogP contribution in [0, 0.1) is 0 Å². The van der Waals surface area contributed by atoms with Gasteiger partial charge >= 0.3 is 13.2 Å². The molecule has 0 saturated carbocycles. The molecule has 0 spiro atoms. The maximum absolute atomic E-state index is 11.5. The van der Waals surface area contributed by atoms with E-state index < -0.39 is 18.8 Å². The third-order valence-corrected chi connectivity index (χ3v) is 5.65. The lowest BCUT2D eigenvalue weighted by Crippen LogP contribution is -2.35. The molecule has 0 aliphatic rings. The number of ether oxygens (including phenoxy) is 2. The maximum atomic E-state index is 11.5. The summed E-state index contributed by atoms with van der Waals surface area (Å²) in [5.41, 5.74) is 8.65. The molecule has 5 aromatic rings. The predicted octanol–water partition coefficient (Wildman–Crippen LogP) is 4.66. The van der Waals surface area contributed by atoms with Crippen molar-refractivity contribution in [3.63, 3.8) is 0 Å². The van der Waals surface area contributed by atoms with Gasteiger partial charge in [0.1, 0.15) is 17.7 Å². The average Bonchev–Trinajstić information content (AvgIpc) is 2.92. The molecule has 0 aliphatic heterocycles. The molecule has 3 aromatic carbocycles. The first-order chi connectivity index (χ1) is 19.1. The van der Waals surface area contributed by atoms with Gasteiger partial charge in [0.25, 0.3) is 0 Å². The van der Waals surface area contributed by atoms with Crippen LogP contribution in [-0.2, 0) is 11.3 Å². The number of anilines is 2. The third kappa shape index (κ3) is 7.46. The summed E-state index contributed by atoms with van der Waals surface area (Å²) < 4.78 is 10.8. The summed E-state index contributed by atoms with van der Waals surface area (Å²) in [5.74, 6) is 0.967. The van der Waals surface area contributed by atoms with E-state index in [1.54, 1.807) is 39.0 Å². The Labute approximate surface area is 232 Å². The molecule has 0 atom stereocenters. The van der Waals surface area contributed by atoms with Crippen LogP contribution in [0.3, 0.4) is 0 Å². The number of benzene rings is 3. The van der Waals surface area contributed by atoms with Crippen molar-refractivity contribution >= 4 is 52.0 Å². The number of amides is 1. The summed E-state index contributed by atoms with van der Waals surface area (Å²) in [5, 5.41) is 22.7. The van der Waals surface area contributed by atoms with Gasteiger partial charge in [0.15, 0.2) is 5.82 Å². The molecule has 0 radical (unpaired) electrons. The Kier molecular flexibility index (Phi) is 8.83. The van der Waals surface area contributed by atoms with Crippen molar-refractivity contribution in [2.45, 2.75) is 33.0 Å². The van der Waals surface area contributed by atoms with E-state index in [4.69, 9.17) is 25.3 Å². The highest BCUT2D eigenvalue weighted by molar-refractivity contribution is 6.60. The molecule has 10 heteroatoms. The van der Waals surface area contributed by atoms with Crippen molar-refractivity contribution in [1.29, 1.82) is 0 Å². The number of nitrogens with two attached hydrogens (primary N) is 1. The zero-order chi connectivity index (χ0) is 28.7. The normalized spacial score (nSPS) is 10.9. The number of nitrogen functional groups attached to an aromatic ring is 1. The summed E-state index contributed by atoms with van der Waals surface area (Å²) in [6.45, 7) is 5.72. The largest absolute Gasteiger partial charge is 0.490 e. The lowest BCUT2D eigenvalue weighted by Gasteiger charge is -2.20. The predicted molar refractivity (Wildman–Crippen MR) is 158 cm³/mol. The number of carbonyl (C=O) groups excluding carboxylic acids is 1. The first-order valence-electron chi connectivity index (χ1n) is 12.7. The second-order valence-electron chi connectivity index (χ2n) is 9.92. The Morgan fingerprint density at radius 3 is 2.27 bits per heavy atom. The van der Waals surface area contributed by atoms with Crippen LogP contribution in [0.5, 0.6) is 5.88 Å². The number of hydrogen-bond donors (Lipinski definition) is 4. The Hall–Kier alpha value is -4.67. The highest BCUT2D eigenvalue weighted by Crippen LogP contribution is 2.28. The number of fused-ring (bicyclic) bond motifs is 3. The van der Waals surface area contributed by atoms with Crippen molar-refractivity contribution in [3.05, 3.63) is 96.6 Å². The molecule has 5 N–H and O–H groups in total. The summed E-state index contributed by atoms with van der Waals surface area (Å²) in [4.78, 5) is 20.5. The third-order valence-electron chi connectivity index (χ3n) is 5.65. The number of para-hydroxylation sites is 2. The van der Waals surface area contributed by atoms with Gasteiger partial charge in [-0.15, -0.1) is 0 Å². The summed E-state index contributed by atoms with van der Waals surface area (Å²) in [7, 11) is -1.64. The van der Waals surface area contributed by atoms with Gasteiger partial charge in [-0.1, -0.05) is 66.7 Å². The monoisotopic (exact) mass is 538 g/mol. The molecule has 0 bridgehead atoms. The van der Waals surface area contributed by atoms with Crippen molar-refractivity contribution in [2.75, 3.05) is 11.1 Å². The molecule has 0 saturated heterocycles. The number of carbonyl (C=O) groups is 1. The van der Waals surface area contributed by atoms with Crippen LogP contribution in [0.1, 0.15) is 26.3 Å². The lowest BCUT2D eigenvalue weighted by atomic mass is 9.79. The minimum Gasteiger partial charge on any atom is -0.473 e. The molecule has 2 aromatic heterocycles. The van der Waals surface area contributed by atoms with E-state index in [1.807, 2.05) is 66.7 Å². The average molecular weight is 538 g/mol. The van der Waals surface area contributed by atoms with Crippen molar-refractivity contribution in [3.8, 4) is 5.88 Å². The molecule has 0 fully saturated rings. The second kappa shape index (κ2) is 12.5. The van der Waals surface area contributed by atoms with Crippen molar-refractivity contribution in [2.24, 2.45) is 0 Å². The topological polar surface area (TPSA) is 140 Å². The summed E-state index contributed by atoms with van der Waals surface area (Å²) in [6.07, 6.45) is -0.634.